The highest BCUT2D eigenvalue weighted by atomic mass is 16.5. The third-order valence-corrected chi connectivity index (χ3v) is 3.77. The minimum Gasteiger partial charge on any atom is -0.478 e. The Morgan fingerprint density at radius 2 is 2.00 bits per heavy atom. The lowest BCUT2D eigenvalue weighted by molar-refractivity contribution is -0.128. The van der Waals surface area contributed by atoms with Crippen LogP contribution in [0.3, 0.4) is 0 Å². The highest BCUT2D eigenvalue weighted by Gasteiger charge is 2.37. The zero-order chi connectivity index (χ0) is 16.4. The molecule has 1 aromatic carbocycles. The third kappa shape index (κ3) is 2.99. The van der Waals surface area contributed by atoms with Gasteiger partial charge in [0.05, 0.1) is 5.69 Å². The number of Topliss-reactive ketones (excluding diaryl/α,β-unsaturated/α-hetero) is 1. The van der Waals surface area contributed by atoms with Gasteiger partial charge in [-0.3, -0.25) is 9.59 Å². The molecule has 0 saturated carbocycles. The molecule has 0 aromatic heterocycles. The summed E-state index contributed by atoms with van der Waals surface area (Å²) in [6.07, 6.45) is -0.190. The van der Waals surface area contributed by atoms with Crippen molar-refractivity contribution in [3.8, 4) is 5.75 Å². The maximum absolute atomic E-state index is 12.7. The highest BCUT2D eigenvalue weighted by molar-refractivity contribution is 6.03. The van der Waals surface area contributed by atoms with Crippen LogP contribution in [0, 0.1) is 5.92 Å². The van der Waals surface area contributed by atoms with Crippen molar-refractivity contribution >= 4 is 17.4 Å². The molecule has 2 N–H and O–H groups in total. The first kappa shape index (κ1) is 16.5. The van der Waals surface area contributed by atoms with Crippen LogP contribution >= 0.6 is 0 Å². The number of hydrogen-bond acceptors (Lipinski definition) is 4. The zero-order valence-corrected chi connectivity index (χ0v) is 13.6. The molecule has 0 fully saturated rings. The number of ether oxygens (including phenoxy) is 1. The molecule has 1 unspecified atom stereocenters. The number of nitrogens with zero attached hydrogens (tertiary/aromatic N) is 1. The lowest BCUT2D eigenvalue weighted by Crippen LogP contribution is -2.51. The van der Waals surface area contributed by atoms with Crippen molar-refractivity contribution in [3.63, 3.8) is 0 Å². The van der Waals surface area contributed by atoms with Crippen LogP contribution in [0.4, 0.5) is 5.69 Å². The Morgan fingerprint density at radius 1 is 1.32 bits per heavy atom. The first-order valence-electron chi connectivity index (χ1n) is 7.73. The van der Waals surface area contributed by atoms with Gasteiger partial charge in [0.25, 0.3) is 5.91 Å². The number of hydrogen-bond donors (Lipinski definition) is 1. The average molecular weight is 304 g/mol. The average Bonchev–Trinajstić information content (AvgIpc) is 2.45. The smallest absolute Gasteiger partial charge is 0.268 e. The van der Waals surface area contributed by atoms with Crippen LogP contribution in [0.5, 0.6) is 5.75 Å². The van der Waals surface area contributed by atoms with E-state index in [9.17, 15) is 9.59 Å². The Morgan fingerprint density at radius 3 is 2.55 bits per heavy atom. The predicted octanol–water partition coefficient (Wildman–Crippen LogP) is 2.38. The fourth-order valence-electron chi connectivity index (χ4n) is 2.65. The van der Waals surface area contributed by atoms with E-state index in [1.54, 1.807) is 23.1 Å². The standard InChI is InChI=1S/C17H24N2O3/c1-10(2)16-17(21)19(11(3)4)13-9-12(14(20)7-8-18)5-6-15(13)22-16/h5-6,9-11,16H,7-8,18H2,1-4H3. The summed E-state index contributed by atoms with van der Waals surface area (Å²) in [5.74, 6) is 0.658. The maximum atomic E-state index is 12.7. The minimum atomic E-state index is -0.486. The van der Waals surface area contributed by atoms with Crippen molar-refractivity contribution in [1.29, 1.82) is 0 Å². The molecule has 5 heteroatoms. The first-order chi connectivity index (χ1) is 10.4. The van der Waals surface area contributed by atoms with Crippen LogP contribution in [0.1, 0.15) is 44.5 Å². The van der Waals surface area contributed by atoms with Gasteiger partial charge in [-0.15, -0.1) is 0 Å². The van der Waals surface area contributed by atoms with E-state index in [4.69, 9.17) is 10.5 Å². The van der Waals surface area contributed by atoms with E-state index in [-0.39, 0.29) is 23.7 Å². The van der Waals surface area contributed by atoms with Crippen molar-refractivity contribution in [2.24, 2.45) is 11.7 Å². The Hall–Kier alpha value is -1.88. The summed E-state index contributed by atoms with van der Waals surface area (Å²) >= 11 is 0. The summed E-state index contributed by atoms with van der Waals surface area (Å²) in [6, 6.07) is 5.25. The molecule has 5 nitrogen and oxygen atoms in total. The SMILES string of the molecule is CC(C)C1Oc2ccc(C(=O)CCN)cc2N(C(C)C)C1=O. The number of carbonyl (C=O) groups is 2. The molecule has 1 aromatic rings. The molecule has 0 aliphatic carbocycles. The number of benzene rings is 1. The molecule has 0 spiro atoms. The van der Waals surface area contributed by atoms with E-state index < -0.39 is 6.10 Å². The second kappa shape index (κ2) is 6.48. The second-order valence-corrected chi connectivity index (χ2v) is 6.23. The predicted molar refractivity (Wildman–Crippen MR) is 86.3 cm³/mol. The number of nitrogens with two attached hydrogens (primary N) is 1. The second-order valence-electron chi connectivity index (χ2n) is 6.23. The normalized spacial score (nSPS) is 17.7. The number of carbonyl (C=O) groups excluding carboxylic acids is 2. The Labute approximate surface area is 131 Å². The quantitative estimate of drug-likeness (QED) is 0.848. The van der Waals surface area contributed by atoms with Crippen molar-refractivity contribution in [1.82, 2.24) is 0 Å². The van der Waals surface area contributed by atoms with Gasteiger partial charge in [0.2, 0.25) is 0 Å². The van der Waals surface area contributed by atoms with E-state index in [1.165, 1.54) is 0 Å². The van der Waals surface area contributed by atoms with Crippen LogP contribution in [0.15, 0.2) is 18.2 Å². The monoisotopic (exact) mass is 304 g/mol. The zero-order valence-electron chi connectivity index (χ0n) is 13.6. The molecule has 2 rings (SSSR count). The Bertz CT molecular complexity index is 581. The van der Waals surface area contributed by atoms with Crippen molar-refractivity contribution in [2.75, 3.05) is 11.4 Å². The van der Waals surface area contributed by atoms with Crippen LogP contribution in [0.25, 0.3) is 0 Å². The first-order valence-corrected chi connectivity index (χ1v) is 7.73. The molecule has 1 heterocycles. The van der Waals surface area contributed by atoms with E-state index in [1.807, 2.05) is 27.7 Å². The van der Waals surface area contributed by atoms with E-state index in [0.29, 0.717) is 30.0 Å². The molecule has 120 valence electrons. The molecule has 1 aliphatic rings. The molecule has 22 heavy (non-hydrogen) atoms. The molecular formula is C17H24N2O3. The maximum Gasteiger partial charge on any atom is 0.268 e. The van der Waals surface area contributed by atoms with Gasteiger partial charge in [-0.05, 0) is 44.5 Å². The fourth-order valence-corrected chi connectivity index (χ4v) is 2.65. The van der Waals surface area contributed by atoms with Gasteiger partial charge in [-0.2, -0.15) is 0 Å². The lowest BCUT2D eigenvalue weighted by atomic mass is 10.00. The number of rotatable bonds is 5. The molecule has 1 amide bonds. The van der Waals surface area contributed by atoms with Gasteiger partial charge in [0.15, 0.2) is 11.9 Å². The largest absolute Gasteiger partial charge is 0.478 e. The third-order valence-electron chi connectivity index (χ3n) is 3.77. The summed E-state index contributed by atoms with van der Waals surface area (Å²) in [4.78, 5) is 26.4. The van der Waals surface area contributed by atoms with Crippen LogP contribution in [-0.4, -0.2) is 30.4 Å². The van der Waals surface area contributed by atoms with E-state index in [2.05, 4.69) is 0 Å². The van der Waals surface area contributed by atoms with E-state index >= 15 is 0 Å². The Kier molecular flexibility index (Phi) is 4.86. The van der Waals surface area contributed by atoms with Crippen molar-refractivity contribution in [3.05, 3.63) is 23.8 Å². The van der Waals surface area contributed by atoms with Crippen molar-refractivity contribution < 1.29 is 14.3 Å². The lowest BCUT2D eigenvalue weighted by Gasteiger charge is -2.38. The Balaban J connectivity index is 2.46. The number of amides is 1. The van der Waals surface area contributed by atoms with Crippen LogP contribution < -0.4 is 15.4 Å². The molecule has 0 radical (unpaired) electrons. The van der Waals surface area contributed by atoms with Gasteiger partial charge in [-0.1, -0.05) is 13.8 Å². The minimum absolute atomic E-state index is 0.00346. The van der Waals surface area contributed by atoms with Crippen LogP contribution in [-0.2, 0) is 4.79 Å². The molecular weight excluding hydrogens is 280 g/mol. The fraction of sp³-hybridized carbons (Fsp3) is 0.529. The van der Waals surface area contributed by atoms with Crippen molar-refractivity contribution in [2.45, 2.75) is 46.3 Å². The van der Waals surface area contributed by atoms with Gasteiger partial charge >= 0.3 is 0 Å². The molecule has 0 bridgehead atoms. The summed E-state index contributed by atoms with van der Waals surface area (Å²) in [5.41, 5.74) is 6.67. The van der Waals surface area contributed by atoms with E-state index in [0.717, 1.165) is 0 Å². The molecule has 0 saturated heterocycles. The van der Waals surface area contributed by atoms with Gasteiger partial charge in [0, 0.05) is 18.0 Å². The summed E-state index contributed by atoms with van der Waals surface area (Å²) < 4.78 is 5.85. The number of anilines is 1. The highest BCUT2D eigenvalue weighted by Crippen LogP contribution is 2.37. The molecule has 1 atom stereocenters. The summed E-state index contributed by atoms with van der Waals surface area (Å²) in [7, 11) is 0. The molecule has 1 aliphatic heterocycles. The van der Waals surface area contributed by atoms with Crippen LogP contribution in [0.2, 0.25) is 0 Å². The summed E-state index contributed by atoms with van der Waals surface area (Å²) in [6.45, 7) is 8.16. The van der Waals surface area contributed by atoms with Gasteiger partial charge in [-0.25, -0.2) is 0 Å². The number of ketones is 1. The summed E-state index contributed by atoms with van der Waals surface area (Å²) in [5, 5.41) is 0. The van der Waals surface area contributed by atoms with Gasteiger partial charge < -0.3 is 15.4 Å². The topological polar surface area (TPSA) is 72.6 Å². The number of fused-ring (bicyclic) bond motifs is 1. The van der Waals surface area contributed by atoms with Gasteiger partial charge in [0.1, 0.15) is 5.75 Å².